The topological polar surface area (TPSA) is 54.5 Å². The summed E-state index contributed by atoms with van der Waals surface area (Å²) in [4.78, 5) is 15.8. The fourth-order valence-electron chi connectivity index (χ4n) is 1.64. The lowest BCUT2D eigenvalue weighted by atomic mass is 10.1. The fourth-order valence-corrected chi connectivity index (χ4v) is 1.86. The van der Waals surface area contributed by atoms with Crippen LogP contribution in [0.2, 0.25) is 0 Å². The van der Waals surface area contributed by atoms with Crippen LogP contribution in [0.3, 0.4) is 0 Å². The maximum Gasteiger partial charge on any atom is 0.180 e. The summed E-state index contributed by atoms with van der Waals surface area (Å²) in [5, 5.41) is 0. The number of aryl methyl sites for hydroxylation is 1. The molecule has 0 radical (unpaired) electrons. The predicted molar refractivity (Wildman–Crippen MR) is 67.7 cm³/mol. The highest BCUT2D eigenvalue weighted by Crippen LogP contribution is 2.08. The Morgan fingerprint density at radius 2 is 2.00 bits per heavy atom. The number of thiol groups is 1. The Morgan fingerprint density at radius 3 is 2.88 bits per heavy atom. The van der Waals surface area contributed by atoms with Gasteiger partial charge in [-0.1, -0.05) is 12.8 Å². The minimum atomic E-state index is 0.764. The Morgan fingerprint density at radius 1 is 1.12 bits per heavy atom. The lowest BCUT2D eigenvalue weighted by molar-refractivity contribution is 0.656. The Kier molecular flexibility index (Phi) is 4.16. The molecule has 2 rings (SSSR count). The van der Waals surface area contributed by atoms with Gasteiger partial charge in [-0.25, -0.2) is 15.0 Å². The molecule has 16 heavy (non-hydrogen) atoms. The second-order valence-corrected chi connectivity index (χ2v) is 4.26. The largest absolute Gasteiger partial charge is 0.342 e. The third-order valence-corrected chi connectivity index (χ3v) is 2.85. The van der Waals surface area contributed by atoms with Crippen molar-refractivity contribution in [2.24, 2.45) is 0 Å². The number of nitrogens with one attached hydrogen (secondary N) is 1. The summed E-state index contributed by atoms with van der Waals surface area (Å²) in [6.07, 6.45) is 9.20. The van der Waals surface area contributed by atoms with E-state index >= 15 is 0 Å². The predicted octanol–water partition coefficient (Wildman–Crippen LogP) is 2.39. The zero-order chi connectivity index (χ0) is 11.2. The molecule has 2 aromatic rings. The van der Waals surface area contributed by atoms with Gasteiger partial charge in [0.05, 0.1) is 12.5 Å². The number of hydrogen-bond acceptors (Lipinski definition) is 4. The van der Waals surface area contributed by atoms with E-state index in [1.807, 2.05) is 0 Å². The Hall–Kier alpha value is -1.10. The van der Waals surface area contributed by atoms with Crippen molar-refractivity contribution in [2.75, 3.05) is 5.75 Å². The number of aromatic amines is 1. The van der Waals surface area contributed by atoms with Crippen LogP contribution in [0, 0.1) is 0 Å². The quantitative estimate of drug-likeness (QED) is 0.598. The van der Waals surface area contributed by atoms with Gasteiger partial charge in [0, 0.05) is 6.42 Å². The third-order valence-electron chi connectivity index (χ3n) is 2.53. The lowest BCUT2D eigenvalue weighted by Crippen LogP contribution is -1.95. The van der Waals surface area contributed by atoms with Gasteiger partial charge in [0.25, 0.3) is 0 Å². The zero-order valence-corrected chi connectivity index (χ0v) is 10.1. The van der Waals surface area contributed by atoms with Crippen molar-refractivity contribution >= 4 is 23.8 Å². The normalized spacial score (nSPS) is 11.1. The van der Waals surface area contributed by atoms with Crippen molar-refractivity contribution in [3.63, 3.8) is 0 Å². The number of aromatic nitrogens is 4. The molecule has 1 N–H and O–H groups in total. The molecule has 0 aliphatic heterocycles. The van der Waals surface area contributed by atoms with Crippen LogP contribution in [0.25, 0.3) is 11.2 Å². The van der Waals surface area contributed by atoms with Gasteiger partial charge in [0.15, 0.2) is 5.65 Å². The number of H-pyrrole nitrogens is 1. The van der Waals surface area contributed by atoms with Crippen LogP contribution in [0.1, 0.15) is 31.5 Å². The molecule has 0 spiro atoms. The van der Waals surface area contributed by atoms with Crippen LogP contribution in [0.5, 0.6) is 0 Å². The van der Waals surface area contributed by atoms with E-state index in [9.17, 15) is 0 Å². The van der Waals surface area contributed by atoms with Gasteiger partial charge in [0.2, 0.25) is 0 Å². The first kappa shape index (κ1) is 11.4. The van der Waals surface area contributed by atoms with Crippen LogP contribution in [0.15, 0.2) is 12.5 Å². The van der Waals surface area contributed by atoms with Crippen molar-refractivity contribution < 1.29 is 0 Å². The lowest BCUT2D eigenvalue weighted by Gasteiger charge is -1.99. The van der Waals surface area contributed by atoms with E-state index in [2.05, 4.69) is 32.6 Å². The molecule has 0 atom stereocenters. The number of hydrogen-bond donors (Lipinski definition) is 2. The van der Waals surface area contributed by atoms with Crippen molar-refractivity contribution in [2.45, 2.75) is 32.1 Å². The van der Waals surface area contributed by atoms with Gasteiger partial charge in [-0.2, -0.15) is 12.6 Å². The molecule has 0 bridgehead atoms. The highest BCUT2D eigenvalue weighted by Gasteiger charge is 2.01. The van der Waals surface area contributed by atoms with Crippen molar-refractivity contribution in [1.29, 1.82) is 0 Å². The smallest absolute Gasteiger partial charge is 0.180 e. The monoisotopic (exact) mass is 236 g/mol. The molecule has 0 aliphatic rings. The standard InChI is InChI=1S/C11H16N4S/c16-6-4-2-1-3-5-10-12-7-9-11(15-10)14-8-13-9/h7-8,16H,1-6H2,(H,12,13,14,15). The molecular weight excluding hydrogens is 220 g/mol. The number of imidazole rings is 1. The Labute approximate surface area is 100 Å². The van der Waals surface area contributed by atoms with Crippen molar-refractivity contribution in [1.82, 2.24) is 19.9 Å². The van der Waals surface area contributed by atoms with E-state index in [1.54, 1.807) is 12.5 Å². The summed E-state index contributed by atoms with van der Waals surface area (Å²) < 4.78 is 0. The van der Waals surface area contributed by atoms with E-state index in [-0.39, 0.29) is 0 Å². The first-order chi connectivity index (χ1) is 7.90. The molecule has 0 fully saturated rings. The first-order valence-corrected chi connectivity index (χ1v) is 6.29. The van der Waals surface area contributed by atoms with E-state index in [0.717, 1.165) is 35.6 Å². The first-order valence-electron chi connectivity index (χ1n) is 5.66. The van der Waals surface area contributed by atoms with E-state index in [1.165, 1.54) is 19.3 Å². The van der Waals surface area contributed by atoms with Crippen molar-refractivity contribution in [3.05, 3.63) is 18.3 Å². The summed E-state index contributed by atoms with van der Waals surface area (Å²) in [7, 11) is 0. The molecule has 2 heterocycles. The molecule has 0 unspecified atom stereocenters. The molecule has 0 amide bonds. The minimum absolute atomic E-state index is 0.764. The van der Waals surface area contributed by atoms with Gasteiger partial charge >= 0.3 is 0 Å². The molecule has 0 saturated carbocycles. The second-order valence-electron chi connectivity index (χ2n) is 3.81. The molecule has 5 heteroatoms. The van der Waals surface area contributed by atoms with Crippen molar-refractivity contribution in [3.8, 4) is 0 Å². The van der Waals surface area contributed by atoms with Gasteiger partial charge in [-0.05, 0) is 18.6 Å². The average molecular weight is 236 g/mol. The van der Waals surface area contributed by atoms with E-state index in [0.29, 0.717) is 0 Å². The molecule has 4 nitrogen and oxygen atoms in total. The average Bonchev–Trinajstić information content (AvgIpc) is 2.76. The SMILES string of the molecule is SCCCCCCc1ncc2[nH]cnc2n1. The number of nitrogens with zero attached hydrogens (tertiary/aromatic N) is 3. The van der Waals surface area contributed by atoms with E-state index in [4.69, 9.17) is 0 Å². The Bertz CT molecular complexity index is 440. The zero-order valence-electron chi connectivity index (χ0n) is 9.19. The molecule has 86 valence electrons. The minimum Gasteiger partial charge on any atom is -0.342 e. The fraction of sp³-hybridized carbons (Fsp3) is 0.545. The maximum atomic E-state index is 4.38. The summed E-state index contributed by atoms with van der Waals surface area (Å²) >= 11 is 4.19. The van der Waals surface area contributed by atoms with Gasteiger partial charge in [0.1, 0.15) is 11.3 Å². The van der Waals surface area contributed by atoms with Gasteiger partial charge in [-0.15, -0.1) is 0 Å². The molecule has 0 aliphatic carbocycles. The molecule has 2 aromatic heterocycles. The van der Waals surface area contributed by atoms with E-state index < -0.39 is 0 Å². The molecule has 0 aromatic carbocycles. The van der Waals surface area contributed by atoms with Crippen LogP contribution in [-0.4, -0.2) is 25.7 Å². The second kappa shape index (κ2) is 5.84. The number of fused-ring (bicyclic) bond motifs is 1. The van der Waals surface area contributed by atoms with Gasteiger partial charge < -0.3 is 4.98 Å². The van der Waals surface area contributed by atoms with Crippen LogP contribution in [0.4, 0.5) is 0 Å². The van der Waals surface area contributed by atoms with Crippen LogP contribution in [-0.2, 0) is 6.42 Å². The van der Waals surface area contributed by atoms with Gasteiger partial charge in [-0.3, -0.25) is 0 Å². The third kappa shape index (κ3) is 2.95. The summed E-state index contributed by atoms with van der Waals surface area (Å²) in [5.41, 5.74) is 1.67. The summed E-state index contributed by atoms with van der Waals surface area (Å²) in [6.45, 7) is 0. The van der Waals surface area contributed by atoms with Crippen LogP contribution < -0.4 is 0 Å². The number of unbranched alkanes of at least 4 members (excludes halogenated alkanes) is 3. The Balaban J connectivity index is 1.84. The number of rotatable bonds is 6. The highest BCUT2D eigenvalue weighted by atomic mass is 32.1. The maximum absolute atomic E-state index is 4.38. The summed E-state index contributed by atoms with van der Waals surface area (Å²) in [6, 6.07) is 0. The summed E-state index contributed by atoms with van der Waals surface area (Å²) in [5.74, 6) is 1.88. The highest BCUT2D eigenvalue weighted by molar-refractivity contribution is 7.80. The molecular formula is C11H16N4S. The van der Waals surface area contributed by atoms with Crippen LogP contribution >= 0.6 is 12.6 Å². The molecule has 0 saturated heterocycles.